The molecule has 1 aliphatic heterocycles. The average molecular weight is 311 g/mol. The molecule has 1 atom stereocenters. The van der Waals surface area contributed by atoms with Crippen molar-refractivity contribution < 1.29 is 14.2 Å². The molecule has 2 N–H and O–H groups in total. The van der Waals surface area contributed by atoms with Gasteiger partial charge in [-0.25, -0.2) is 0 Å². The van der Waals surface area contributed by atoms with E-state index in [2.05, 4.69) is 13.8 Å². The zero-order valence-corrected chi connectivity index (χ0v) is 13.7. The van der Waals surface area contributed by atoms with Gasteiger partial charge in [0.2, 0.25) is 6.79 Å². The molecule has 1 aromatic rings. The number of thioether (sulfide) groups is 1. The Kier molecular flexibility index (Phi) is 6.51. The van der Waals surface area contributed by atoms with E-state index in [4.69, 9.17) is 19.9 Å². The fourth-order valence-electron chi connectivity index (χ4n) is 2.17. The van der Waals surface area contributed by atoms with Gasteiger partial charge >= 0.3 is 0 Å². The molecule has 5 heteroatoms. The molecule has 118 valence electrons. The number of hydrogen-bond donors (Lipinski definition) is 1. The van der Waals surface area contributed by atoms with Crippen molar-refractivity contribution in [2.75, 3.05) is 24.9 Å². The van der Waals surface area contributed by atoms with Crippen molar-refractivity contribution in [1.82, 2.24) is 0 Å². The second-order valence-corrected chi connectivity index (χ2v) is 6.48. The molecule has 0 bridgehead atoms. The summed E-state index contributed by atoms with van der Waals surface area (Å²) in [6.45, 7) is 5.28. The molecule has 1 unspecified atom stereocenters. The third-order valence-corrected chi connectivity index (χ3v) is 4.44. The molecule has 0 spiro atoms. The van der Waals surface area contributed by atoms with Gasteiger partial charge in [-0.3, -0.25) is 0 Å². The van der Waals surface area contributed by atoms with Crippen molar-refractivity contribution in [2.45, 2.75) is 39.2 Å². The van der Waals surface area contributed by atoms with E-state index in [-0.39, 0.29) is 12.8 Å². The highest BCUT2D eigenvalue weighted by Gasteiger charge is 2.19. The van der Waals surface area contributed by atoms with Crippen molar-refractivity contribution in [3.05, 3.63) is 17.7 Å². The maximum absolute atomic E-state index is 6.08. The molecule has 2 rings (SSSR count). The Labute approximate surface area is 131 Å². The van der Waals surface area contributed by atoms with E-state index >= 15 is 0 Å². The van der Waals surface area contributed by atoms with Gasteiger partial charge in [-0.2, -0.15) is 11.8 Å². The Balaban J connectivity index is 2.02. The Morgan fingerprint density at radius 1 is 1.29 bits per heavy atom. The number of ether oxygens (including phenoxy) is 3. The second-order valence-electron chi connectivity index (χ2n) is 5.08. The Morgan fingerprint density at radius 2 is 2.05 bits per heavy atom. The number of fused-ring (bicyclic) bond motifs is 1. The zero-order valence-electron chi connectivity index (χ0n) is 12.9. The Morgan fingerprint density at radius 3 is 2.76 bits per heavy atom. The van der Waals surface area contributed by atoms with Crippen LogP contribution in [0.5, 0.6) is 17.2 Å². The lowest BCUT2D eigenvalue weighted by Crippen LogP contribution is -2.21. The summed E-state index contributed by atoms with van der Waals surface area (Å²) in [6.07, 6.45) is 2.79. The van der Waals surface area contributed by atoms with Crippen molar-refractivity contribution in [3.8, 4) is 17.2 Å². The van der Waals surface area contributed by atoms with Gasteiger partial charge in [-0.1, -0.05) is 13.8 Å². The normalized spacial score (nSPS) is 14.2. The second kappa shape index (κ2) is 8.39. The molecule has 0 aliphatic carbocycles. The van der Waals surface area contributed by atoms with E-state index in [1.807, 2.05) is 23.9 Å². The van der Waals surface area contributed by atoms with Crippen LogP contribution in [-0.2, 0) is 6.42 Å². The number of rotatable bonds is 9. The van der Waals surface area contributed by atoms with Crippen LogP contribution in [-0.4, -0.2) is 30.9 Å². The van der Waals surface area contributed by atoms with E-state index in [0.717, 1.165) is 60.2 Å². The van der Waals surface area contributed by atoms with E-state index in [1.165, 1.54) is 0 Å². The first kappa shape index (κ1) is 16.3. The van der Waals surface area contributed by atoms with Crippen LogP contribution in [0.3, 0.4) is 0 Å². The molecular formula is C16H25NO3S. The predicted octanol–water partition coefficient (Wildman–Crippen LogP) is 3.22. The summed E-state index contributed by atoms with van der Waals surface area (Å²) >= 11 is 1.94. The summed E-state index contributed by atoms with van der Waals surface area (Å²) in [5.41, 5.74) is 7.19. The Hall–Kier alpha value is -1.07. The summed E-state index contributed by atoms with van der Waals surface area (Å²) in [5, 5.41) is 0. The highest BCUT2D eigenvalue weighted by molar-refractivity contribution is 7.99. The molecule has 1 aliphatic rings. The van der Waals surface area contributed by atoms with Crippen molar-refractivity contribution in [1.29, 1.82) is 0 Å². The van der Waals surface area contributed by atoms with Gasteiger partial charge in [0.25, 0.3) is 0 Å². The lowest BCUT2D eigenvalue weighted by atomic mass is 10.0. The zero-order chi connectivity index (χ0) is 15.1. The van der Waals surface area contributed by atoms with E-state index in [0.29, 0.717) is 0 Å². The maximum atomic E-state index is 6.08. The molecule has 0 saturated heterocycles. The van der Waals surface area contributed by atoms with Gasteiger partial charge < -0.3 is 19.9 Å². The van der Waals surface area contributed by atoms with Crippen LogP contribution < -0.4 is 19.9 Å². The van der Waals surface area contributed by atoms with E-state index in [1.54, 1.807) is 0 Å². The fourth-order valence-corrected chi connectivity index (χ4v) is 2.78. The predicted molar refractivity (Wildman–Crippen MR) is 87.6 cm³/mol. The van der Waals surface area contributed by atoms with Crippen LogP contribution in [0.2, 0.25) is 0 Å². The van der Waals surface area contributed by atoms with Crippen LogP contribution in [0.1, 0.15) is 32.3 Å². The van der Waals surface area contributed by atoms with Crippen LogP contribution >= 0.6 is 11.8 Å². The molecule has 21 heavy (non-hydrogen) atoms. The third kappa shape index (κ3) is 4.71. The molecule has 0 aromatic heterocycles. The lowest BCUT2D eigenvalue weighted by Gasteiger charge is -2.15. The van der Waals surface area contributed by atoms with Crippen LogP contribution in [0, 0.1) is 0 Å². The highest BCUT2D eigenvalue weighted by atomic mass is 32.2. The van der Waals surface area contributed by atoms with Gasteiger partial charge in [-0.05, 0) is 42.4 Å². The smallest absolute Gasteiger partial charge is 0.231 e. The van der Waals surface area contributed by atoms with Gasteiger partial charge in [0.05, 0.1) is 6.61 Å². The molecule has 4 nitrogen and oxygen atoms in total. The summed E-state index contributed by atoms with van der Waals surface area (Å²) < 4.78 is 16.8. The molecule has 0 amide bonds. The van der Waals surface area contributed by atoms with Gasteiger partial charge in [0, 0.05) is 12.1 Å². The molecule has 0 fully saturated rings. The van der Waals surface area contributed by atoms with Gasteiger partial charge in [0.1, 0.15) is 5.75 Å². The SMILES string of the molecule is CCSCCCOc1cc2c(cc1CC(N)CC)OCO2. The number of hydrogen-bond acceptors (Lipinski definition) is 5. The van der Waals surface area contributed by atoms with Crippen molar-refractivity contribution >= 4 is 11.8 Å². The van der Waals surface area contributed by atoms with Gasteiger partial charge in [-0.15, -0.1) is 0 Å². The minimum Gasteiger partial charge on any atom is -0.493 e. The molecular weight excluding hydrogens is 286 g/mol. The number of benzene rings is 1. The average Bonchev–Trinajstić information content (AvgIpc) is 2.94. The summed E-state index contributed by atoms with van der Waals surface area (Å²) in [7, 11) is 0. The third-order valence-electron chi connectivity index (χ3n) is 3.46. The topological polar surface area (TPSA) is 53.7 Å². The first-order valence-electron chi connectivity index (χ1n) is 7.63. The van der Waals surface area contributed by atoms with Crippen LogP contribution in [0.25, 0.3) is 0 Å². The monoisotopic (exact) mass is 311 g/mol. The molecule has 0 saturated carbocycles. The van der Waals surface area contributed by atoms with Crippen molar-refractivity contribution in [2.24, 2.45) is 5.73 Å². The summed E-state index contributed by atoms with van der Waals surface area (Å²) in [4.78, 5) is 0. The minimum atomic E-state index is 0.142. The van der Waals surface area contributed by atoms with E-state index < -0.39 is 0 Å². The van der Waals surface area contributed by atoms with Crippen molar-refractivity contribution in [3.63, 3.8) is 0 Å². The van der Waals surface area contributed by atoms with Crippen LogP contribution in [0.4, 0.5) is 0 Å². The Bertz CT molecular complexity index is 453. The van der Waals surface area contributed by atoms with Gasteiger partial charge in [0.15, 0.2) is 11.5 Å². The first-order chi connectivity index (χ1) is 10.2. The number of nitrogens with two attached hydrogens (primary N) is 1. The largest absolute Gasteiger partial charge is 0.493 e. The first-order valence-corrected chi connectivity index (χ1v) is 8.78. The van der Waals surface area contributed by atoms with E-state index in [9.17, 15) is 0 Å². The maximum Gasteiger partial charge on any atom is 0.231 e. The minimum absolute atomic E-state index is 0.142. The summed E-state index contributed by atoms with van der Waals surface area (Å²) in [6, 6.07) is 4.09. The van der Waals surface area contributed by atoms with Crippen LogP contribution in [0.15, 0.2) is 12.1 Å². The highest BCUT2D eigenvalue weighted by Crippen LogP contribution is 2.38. The lowest BCUT2D eigenvalue weighted by molar-refractivity contribution is 0.173. The fraction of sp³-hybridized carbons (Fsp3) is 0.625. The quantitative estimate of drug-likeness (QED) is 0.710. The molecule has 1 heterocycles. The standard InChI is InChI=1S/C16H25NO3S/c1-3-13(17)8-12-9-15-16(20-11-19-15)10-14(12)18-6-5-7-21-4-2/h9-10,13H,3-8,11,17H2,1-2H3. The molecule has 0 radical (unpaired) electrons. The molecule has 1 aromatic carbocycles. The summed E-state index contributed by atoms with van der Waals surface area (Å²) in [5.74, 6) is 4.72.